The number of aliphatic hydroxyl groups excluding tert-OH is 1. The van der Waals surface area contributed by atoms with Gasteiger partial charge in [0.15, 0.2) is 0 Å². The normalized spacial score (nSPS) is 25.7. The van der Waals surface area contributed by atoms with E-state index in [0.29, 0.717) is 11.8 Å². The van der Waals surface area contributed by atoms with Crippen molar-refractivity contribution in [2.45, 2.75) is 37.7 Å². The van der Waals surface area contributed by atoms with Gasteiger partial charge >= 0.3 is 0 Å². The highest BCUT2D eigenvalue weighted by molar-refractivity contribution is 6.31. The third-order valence-electron chi connectivity index (χ3n) is 4.65. The second-order valence-electron chi connectivity index (χ2n) is 6.04. The summed E-state index contributed by atoms with van der Waals surface area (Å²) in [6.45, 7) is 0. The molecule has 0 aromatic heterocycles. The number of hydrogen-bond acceptors (Lipinski definition) is 1. The van der Waals surface area contributed by atoms with Gasteiger partial charge in [-0.15, -0.1) is 0 Å². The lowest BCUT2D eigenvalue weighted by molar-refractivity contribution is 0.0620. The predicted octanol–water partition coefficient (Wildman–Crippen LogP) is 4.83. The Balaban J connectivity index is 1.74. The van der Waals surface area contributed by atoms with Crippen LogP contribution >= 0.6 is 11.6 Å². The van der Waals surface area contributed by atoms with Crippen molar-refractivity contribution >= 4 is 11.6 Å². The highest BCUT2D eigenvalue weighted by Crippen LogP contribution is 2.38. The lowest BCUT2D eigenvalue weighted by Crippen LogP contribution is -2.30. The molecule has 3 rings (SSSR count). The first-order chi connectivity index (χ1) is 10.2. The van der Waals surface area contributed by atoms with E-state index in [1.54, 1.807) is 0 Å². The molecule has 3 unspecified atom stereocenters. The molecule has 0 aliphatic heterocycles. The van der Waals surface area contributed by atoms with E-state index in [9.17, 15) is 5.11 Å². The highest BCUT2D eigenvalue weighted by atomic mass is 35.5. The summed E-state index contributed by atoms with van der Waals surface area (Å²) in [5, 5.41) is 11.2. The van der Waals surface area contributed by atoms with Crippen molar-refractivity contribution in [1.82, 2.24) is 0 Å². The minimum Gasteiger partial charge on any atom is -0.393 e. The fraction of sp³-hybridized carbons (Fsp3) is 0.368. The molecule has 1 fully saturated rings. The zero-order valence-electron chi connectivity index (χ0n) is 12.1. The van der Waals surface area contributed by atoms with E-state index in [-0.39, 0.29) is 6.10 Å². The van der Waals surface area contributed by atoms with E-state index in [1.807, 2.05) is 18.2 Å². The summed E-state index contributed by atoms with van der Waals surface area (Å²) >= 11 is 6.26. The topological polar surface area (TPSA) is 20.2 Å². The van der Waals surface area contributed by atoms with E-state index >= 15 is 0 Å². The summed E-state index contributed by atoms with van der Waals surface area (Å²) in [4.78, 5) is 0. The number of benzene rings is 2. The minimum absolute atomic E-state index is 0.207. The first-order valence-corrected chi connectivity index (χ1v) is 8.08. The Morgan fingerprint density at radius 3 is 2.43 bits per heavy atom. The quantitative estimate of drug-likeness (QED) is 0.861. The van der Waals surface area contributed by atoms with Gasteiger partial charge in [0.2, 0.25) is 0 Å². The molecule has 0 amide bonds. The monoisotopic (exact) mass is 300 g/mol. The molecule has 1 saturated carbocycles. The Bertz CT molecular complexity index is 581. The second kappa shape index (κ2) is 6.64. The van der Waals surface area contributed by atoms with Gasteiger partial charge in [0.1, 0.15) is 0 Å². The molecule has 2 aromatic rings. The number of rotatable bonds is 3. The number of aliphatic hydroxyl groups is 1. The lowest BCUT2D eigenvalue weighted by Gasteiger charge is -2.34. The van der Waals surface area contributed by atoms with Crippen molar-refractivity contribution in [3.63, 3.8) is 0 Å². The second-order valence-corrected chi connectivity index (χ2v) is 6.45. The first kappa shape index (κ1) is 14.6. The van der Waals surface area contributed by atoms with Crippen LogP contribution in [-0.2, 0) is 6.42 Å². The van der Waals surface area contributed by atoms with Crippen LogP contribution < -0.4 is 0 Å². The van der Waals surface area contributed by atoms with Crippen LogP contribution in [0.15, 0.2) is 54.6 Å². The summed E-state index contributed by atoms with van der Waals surface area (Å²) in [5.74, 6) is 0.853. The molecule has 21 heavy (non-hydrogen) atoms. The Labute approximate surface area is 131 Å². The number of hydrogen-bond donors (Lipinski definition) is 1. The summed E-state index contributed by atoms with van der Waals surface area (Å²) in [7, 11) is 0. The standard InChI is InChI=1S/C19H21ClO/c20-18-9-5-4-8-16(18)13-17-12-15(10-11-19(17)21)14-6-2-1-3-7-14/h1-9,15,17,19,21H,10-13H2. The molecule has 2 aromatic carbocycles. The molecular weight excluding hydrogens is 280 g/mol. The molecule has 0 spiro atoms. The van der Waals surface area contributed by atoms with Crippen LogP contribution in [0.1, 0.15) is 36.3 Å². The van der Waals surface area contributed by atoms with Gasteiger partial charge in [-0.2, -0.15) is 0 Å². The highest BCUT2D eigenvalue weighted by Gasteiger charge is 2.30. The van der Waals surface area contributed by atoms with Gasteiger partial charge in [-0.25, -0.2) is 0 Å². The Hall–Kier alpha value is -1.31. The minimum atomic E-state index is -0.207. The molecule has 1 aliphatic rings. The van der Waals surface area contributed by atoms with Crippen molar-refractivity contribution in [2.24, 2.45) is 5.92 Å². The van der Waals surface area contributed by atoms with Gasteiger partial charge in [-0.1, -0.05) is 60.1 Å². The van der Waals surface area contributed by atoms with Crippen molar-refractivity contribution in [3.05, 3.63) is 70.7 Å². The summed E-state index contributed by atoms with van der Waals surface area (Å²) in [6, 6.07) is 18.6. The molecule has 0 heterocycles. The smallest absolute Gasteiger partial charge is 0.0572 e. The summed E-state index contributed by atoms with van der Waals surface area (Å²) < 4.78 is 0. The lowest BCUT2D eigenvalue weighted by atomic mass is 9.74. The Morgan fingerprint density at radius 2 is 1.67 bits per heavy atom. The average molecular weight is 301 g/mol. The first-order valence-electron chi connectivity index (χ1n) is 7.70. The van der Waals surface area contributed by atoms with Gasteiger partial charge in [0, 0.05) is 5.02 Å². The van der Waals surface area contributed by atoms with Crippen LogP contribution in [0.25, 0.3) is 0 Å². The van der Waals surface area contributed by atoms with E-state index in [0.717, 1.165) is 36.3 Å². The molecule has 3 atom stereocenters. The Morgan fingerprint density at radius 1 is 0.952 bits per heavy atom. The van der Waals surface area contributed by atoms with Crippen LogP contribution in [0, 0.1) is 5.92 Å². The predicted molar refractivity (Wildman–Crippen MR) is 87.7 cm³/mol. The maximum atomic E-state index is 10.3. The third kappa shape index (κ3) is 3.48. The van der Waals surface area contributed by atoms with Crippen molar-refractivity contribution < 1.29 is 5.11 Å². The zero-order valence-corrected chi connectivity index (χ0v) is 12.8. The molecule has 1 N–H and O–H groups in total. The summed E-state index contributed by atoms with van der Waals surface area (Å²) in [5.41, 5.74) is 2.55. The molecule has 2 heteroatoms. The van der Waals surface area contributed by atoms with E-state index < -0.39 is 0 Å². The van der Waals surface area contributed by atoms with Crippen molar-refractivity contribution in [2.75, 3.05) is 0 Å². The molecule has 110 valence electrons. The zero-order chi connectivity index (χ0) is 14.7. The molecular formula is C19H21ClO. The molecule has 0 bridgehead atoms. The van der Waals surface area contributed by atoms with Crippen molar-refractivity contribution in [1.29, 1.82) is 0 Å². The fourth-order valence-electron chi connectivity index (χ4n) is 3.44. The maximum Gasteiger partial charge on any atom is 0.0572 e. The van der Waals surface area contributed by atoms with Crippen LogP contribution in [0.2, 0.25) is 5.02 Å². The SMILES string of the molecule is OC1CCC(c2ccccc2)CC1Cc1ccccc1Cl. The molecule has 0 radical (unpaired) electrons. The van der Waals surface area contributed by atoms with E-state index in [2.05, 4.69) is 36.4 Å². The maximum absolute atomic E-state index is 10.3. The van der Waals surface area contributed by atoms with Crippen molar-refractivity contribution in [3.8, 4) is 0 Å². The number of halogens is 1. The van der Waals surface area contributed by atoms with Crippen LogP contribution in [0.3, 0.4) is 0 Å². The molecule has 0 saturated heterocycles. The molecule has 1 aliphatic carbocycles. The van der Waals surface area contributed by atoms with Gasteiger partial charge < -0.3 is 5.11 Å². The molecule has 1 nitrogen and oxygen atoms in total. The van der Waals surface area contributed by atoms with Gasteiger partial charge in [-0.05, 0) is 54.7 Å². The largest absolute Gasteiger partial charge is 0.393 e. The fourth-order valence-corrected chi connectivity index (χ4v) is 3.65. The van der Waals surface area contributed by atoms with Gasteiger partial charge in [0.25, 0.3) is 0 Å². The third-order valence-corrected chi connectivity index (χ3v) is 5.02. The van der Waals surface area contributed by atoms with Gasteiger partial charge in [-0.3, -0.25) is 0 Å². The Kier molecular flexibility index (Phi) is 4.62. The van der Waals surface area contributed by atoms with Gasteiger partial charge in [0.05, 0.1) is 6.10 Å². The van der Waals surface area contributed by atoms with Crippen LogP contribution in [0.5, 0.6) is 0 Å². The van der Waals surface area contributed by atoms with Crippen LogP contribution in [-0.4, -0.2) is 11.2 Å². The van der Waals surface area contributed by atoms with E-state index in [1.165, 1.54) is 5.56 Å². The average Bonchev–Trinajstić information content (AvgIpc) is 2.52. The van der Waals surface area contributed by atoms with Crippen LogP contribution in [0.4, 0.5) is 0 Å². The summed E-state index contributed by atoms with van der Waals surface area (Å²) in [6.07, 6.45) is 3.65. The van der Waals surface area contributed by atoms with E-state index in [4.69, 9.17) is 11.6 Å².